The second kappa shape index (κ2) is 4.23. The van der Waals surface area contributed by atoms with E-state index in [1.54, 1.807) is 13.2 Å². The number of nitrogens with zero attached hydrogens (tertiary/aromatic N) is 2. The van der Waals surface area contributed by atoms with Gasteiger partial charge >= 0.3 is 5.69 Å². The second-order valence-electron chi connectivity index (χ2n) is 4.03. The number of aromatic nitrogens is 2. The van der Waals surface area contributed by atoms with Crippen LogP contribution in [0.1, 0.15) is 5.56 Å². The molecule has 2 heterocycles. The molecule has 1 aliphatic rings. The van der Waals surface area contributed by atoms with E-state index in [2.05, 4.69) is 5.32 Å². The van der Waals surface area contributed by atoms with E-state index in [1.807, 2.05) is 0 Å². The quantitative estimate of drug-likeness (QED) is 0.685. The minimum atomic E-state index is -0.305. The van der Waals surface area contributed by atoms with Crippen molar-refractivity contribution in [2.75, 3.05) is 13.2 Å². The van der Waals surface area contributed by atoms with Gasteiger partial charge in [-0.2, -0.15) is 0 Å². The van der Waals surface area contributed by atoms with Crippen LogP contribution in [0.5, 0.6) is 0 Å². The molecule has 16 heavy (non-hydrogen) atoms. The van der Waals surface area contributed by atoms with Gasteiger partial charge in [-0.1, -0.05) is 0 Å². The van der Waals surface area contributed by atoms with Crippen molar-refractivity contribution < 1.29 is 4.74 Å². The zero-order chi connectivity index (χ0) is 11.7. The number of nitrogens with one attached hydrogen (secondary N) is 1. The highest BCUT2D eigenvalue weighted by Crippen LogP contribution is 2.00. The fourth-order valence-corrected chi connectivity index (χ4v) is 1.61. The Morgan fingerprint density at radius 2 is 2.12 bits per heavy atom. The van der Waals surface area contributed by atoms with Gasteiger partial charge in [0.1, 0.15) is 0 Å². The number of rotatable bonds is 3. The Morgan fingerprint density at radius 3 is 2.69 bits per heavy atom. The maximum absolute atomic E-state index is 11.7. The first-order chi connectivity index (χ1) is 7.59. The molecular weight excluding hydrogens is 210 g/mol. The lowest BCUT2D eigenvalue weighted by Gasteiger charge is -2.26. The van der Waals surface area contributed by atoms with E-state index in [-0.39, 0.29) is 11.2 Å². The van der Waals surface area contributed by atoms with Gasteiger partial charge in [-0.25, -0.2) is 4.79 Å². The summed E-state index contributed by atoms with van der Waals surface area (Å²) in [6, 6.07) is 0.321. The molecular formula is C10H15N3O3. The van der Waals surface area contributed by atoms with E-state index in [9.17, 15) is 9.59 Å². The second-order valence-corrected chi connectivity index (χ2v) is 4.03. The highest BCUT2D eigenvalue weighted by Gasteiger charge is 2.18. The normalized spacial score (nSPS) is 16.1. The van der Waals surface area contributed by atoms with Crippen molar-refractivity contribution in [2.24, 2.45) is 14.1 Å². The van der Waals surface area contributed by atoms with Gasteiger partial charge in [-0.3, -0.25) is 9.36 Å². The summed E-state index contributed by atoms with van der Waals surface area (Å²) in [5.41, 5.74) is 0.0491. The smallest absolute Gasteiger partial charge is 0.330 e. The SMILES string of the molecule is Cn1cc(CNC2COC2)c(=O)n(C)c1=O. The van der Waals surface area contributed by atoms with Crippen molar-refractivity contribution in [1.82, 2.24) is 14.5 Å². The molecule has 0 aliphatic carbocycles. The van der Waals surface area contributed by atoms with Crippen molar-refractivity contribution in [3.8, 4) is 0 Å². The summed E-state index contributed by atoms with van der Waals surface area (Å²) in [5, 5.41) is 3.20. The van der Waals surface area contributed by atoms with Crippen molar-refractivity contribution in [3.63, 3.8) is 0 Å². The first kappa shape index (κ1) is 11.1. The summed E-state index contributed by atoms with van der Waals surface area (Å²) < 4.78 is 7.55. The average Bonchev–Trinajstić information content (AvgIpc) is 2.20. The molecule has 0 radical (unpaired) electrons. The number of hydrogen-bond acceptors (Lipinski definition) is 4. The van der Waals surface area contributed by atoms with Crippen LogP contribution in [0.15, 0.2) is 15.8 Å². The van der Waals surface area contributed by atoms with Crippen LogP contribution >= 0.6 is 0 Å². The third kappa shape index (κ3) is 1.94. The Hall–Kier alpha value is -1.40. The molecule has 1 aliphatic heterocycles. The zero-order valence-corrected chi connectivity index (χ0v) is 9.40. The van der Waals surface area contributed by atoms with Gasteiger partial charge in [0.05, 0.1) is 19.3 Å². The van der Waals surface area contributed by atoms with Gasteiger partial charge in [0.25, 0.3) is 5.56 Å². The third-order valence-corrected chi connectivity index (χ3v) is 2.74. The molecule has 1 fully saturated rings. The highest BCUT2D eigenvalue weighted by atomic mass is 16.5. The fraction of sp³-hybridized carbons (Fsp3) is 0.600. The third-order valence-electron chi connectivity index (χ3n) is 2.74. The van der Waals surface area contributed by atoms with Crippen molar-refractivity contribution in [2.45, 2.75) is 12.6 Å². The molecule has 0 bridgehead atoms. The Balaban J connectivity index is 2.20. The van der Waals surface area contributed by atoms with Crippen LogP contribution in [-0.4, -0.2) is 28.4 Å². The number of hydrogen-bond donors (Lipinski definition) is 1. The summed E-state index contributed by atoms with van der Waals surface area (Å²) in [6.07, 6.45) is 1.58. The van der Waals surface area contributed by atoms with Crippen LogP contribution in [0, 0.1) is 0 Å². The minimum absolute atomic E-state index is 0.240. The van der Waals surface area contributed by atoms with Crippen LogP contribution in [-0.2, 0) is 25.4 Å². The van der Waals surface area contributed by atoms with Crippen LogP contribution in [0.4, 0.5) is 0 Å². The molecule has 1 aromatic heterocycles. The predicted octanol–water partition coefficient (Wildman–Crippen LogP) is -1.43. The molecule has 0 saturated carbocycles. The summed E-state index contributed by atoms with van der Waals surface area (Å²) in [6.45, 7) is 1.84. The van der Waals surface area contributed by atoms with Gasteiger partial charge in [-0.05, 0) is 0 Å². The minimum Gasteiger partial charge on any atom is -0.378 e. The summed E-state index contributed by atoms with van der Waals surface area (Å²) in [5.74, 6) is 0. The van der Waals surface area contributed by atoms with Crippen molar-refractivity contribution in [1.29, 1.82) is 0 Å². The van der Waals surface area contributed by atoms with E-state index in [0.29, 0.717) is 31.4 Å². The lowest BCUT2D eigenvalue weighted by Crippen LogP contribution is -2.47. The van der Waals surface area contributed by atoms with Crippen LogP contribution in [0.2, 0.25) is 0 Å². The highest BCUT2D eigenvalue weighted by molar-refractivity contribution is 5.05. The molecule has 1 saturated heterocycles. The molecule has 0 atom stereocenters. The molecule has 0 amide bonds. The van der Waals surface area contributed by atoms with Crippen molar-refractivity contribution >= 4 is 0 Å². The van der Waals surface area contributed by atoms with Gasteiger partial charge in [0.15, 0.2) is 0 Å². The largest absolute Gasteiger partial charge is 0.378 e. The van der Waals surface area contributed by atoms with E-state index >= 15 is 0 Å². The Kier molecular flexibility index (Phi) is 2.93. The monoisotopic (exact) mass is 225 g/mol. The van der Waals surface area contributed by atoms with E-state index in [1.165, 1.54) is 11.6 Å². The fourth-order valence-electron chi connectivity index (χ4n) is 1.61. The summed E-state index contributed by atoms with van der Waals surface area (Å²) in [7, 11) is 3.12. The molecule has 0 unspecified atom stereocenters. The first-order valence-corrected chi connectivity index (χ1v) is 5.16. The lowest BCUT2D eigenvalue weighted by molar-refractivity contribution is -0.00586. The Morgan fingerprint density at radius 1 is 1.44 bits per heavy atom. The molecule has 1 N–H and O–H groups in total. The van der Waals surface area contributed by atoms with Crippen LogP contribution in [0.3, 0.4) is 0 Å². The van der Waals surface area contributed by atoms with Gasteiger partial charge in [0, 0.05) is 32.4 Å². The molecule has 0 aromatic carbocycles. The average molecular weight is 225 g/mol. The molecule has 0 spiro atoms. The first-order valence-electron chi connectivity index (χ1n) is 5.16. The van der Waals surface area contributed by atoms with Crippen LogP contribution in [0.25, 0.3) is 0 Å². The molecule has 1 aromatic rings. The Labute approximate surface area is 92.5 Å². The summed E-state index contributed by atoms with van der Waals surface area (Å²) >= 11 is 0. The molecule has 6 nitrogen and oxygen atoms in total. The number of aryl methyl sites for hydroxylation is 1. The van der Waals surface area contributed by atoms with Gasteiger partial charge in [-0.15, -0.1) is 0 Å². The van der Waals surface area contributed by atoms with Gasteiger partial charge < -0.3 is 14.6 Å². The predicted molar refractivity (Wildman–Crippen MR) is 58.4 cm³/mol. The van der Waals surface area contributed by atoms with E-state index in [4.69, 9.17) is 4.74 Å². The Bertz CT molecular complexity index is 499. The van der Waals surface area contributed by atoms with E-state index < -0.39 is 0 Å². The number of ether oxygens (including phenoxy) is 1. The van der Waals surface area contributed by atoms with E-state index in [0.717, 1.165) is 4.57 Å². The molecule has 88 valence electrons. The molecule has 2 rings (SSSR count). The standard InChI is InChI=1S/C10H15N3O3/c1-12-4-7(3-11-8-5-16-6-8)9(14)13(2)10(12)15/h4,8,11H,3,5-6H2,1-2H3. The van der Waals surface area contributed by atoms with Crippen molar-refractivity contribution in [3.05, 3.63) is 32.6 Å². The molecule has 6 heteroatoms. The topological polar surface area (TPSA) is 65.3 Å². The summed E-state index contributed by atoms with van der Waals surface area (Å²) in [4.78, 5) is 23.2. The maximum Gasteiger partial charge on any atom is 0.330 e. The lowest BCUT2D eigenvalue weighted by atomic mass is 10.2. The zero-order valence-electron chi connectivity index (χ0n) is 9.40. The maximum atomic E-state index is 11.7. The van der Waals surface area contributed by atoms with Gasteiger partial charge in [0.2, 0.25) is 0 Å². The van der Waals surface area contributed by atoms with Crippen LogP contribution < -0.4 is 16.6 Å².